The normalized spacial score (nSPS) is 23.0. The summed E-state index contributed by atoms with van der Waals surface area (Å²) in [5, 5.41) is 0. The van der Waals surface area contributed by atoms with Crippen LogP contribution in [0.5, 0.6) is 0 Å². The molecule has 0 spiro atoms. The van der Waals surface area contributed by atoms with Gasteiger partial charge in [-0.2, -0.15) is 4.94 Å². The lowest BCUT2D eigenvalue weighted by Gasteiger charge is -2.16. The van der Waals surface area contributed by atoms with Crippen molar-refractivity contribution >= 4 is 6.29 Å². The van der Waals surface area contributed by atoms with Crippen molar-refractivity contribution in [1.29, 1.82) is 0 Å². The molecule has 1 aliphatic rings. The van der Waals surface area contributed by atoms with Crippen molar-refractivity contribution in [2.75, 3.05) is 0 Å². The molecule has 0 aromatic heterocycles. The van der Waals surface area contributed by atoms with Gasteiger partial charge in [0.15, 0.2) is 6.29 Å². The molecule has 0 radical (unpaired) electrons. The van der Waals surface area contributed by atoms with Crippen molar-refractivity contribution in [3.63, 3.8) is 0 Å². The first-order valence-corrected chi connectivity index (χ1v) is 1.86. The van der Waals surface area contributed by atoms with E-state index in [-0.39, 0.29) is 0 Å². The Balaban J connectivity index is 2.22. The van der Waals surface area contributed by atoms with Gasteiger partial charge in [0.1, 0.15) is 0 Å². The second-order valence-electron chi connectivity index (χ2n) is 1.01. The van der Waals surface area contributed by atoms with E-state index < -0.39 is 6.29 Å². The standard InChI is InChI=1S/C2H4N2O4/c5-1-2-6-3-8-4-7-2/h1-4H. The summed E-state index contributed by atoms with van der Waals surface area (Å²) < 4.78 is 0. The molecule has 0 amide bonds. The van der Waals surface area contributed by atoms with Crippen LogP contribution in [-0.4, -0.2) is 12.6 Å². The number of hydrogen-bond acceptors (Lipinski definition) is 6. The van der Waals surface area contributed by atoms with Crippen LogP contribution in [0, 0.1) is 0 Å². The Morgan fingerprint density at radius 1 is 1.38 bits per heavy atom. The first-order chi connectivity index (χ1) is 3.93. The van der Waals surface area contributed by atoms with Gasteiger partial charge >= 0.3 is 0 Å². The summed E-state index contributed by atoms with van der Waals surface area (Å²) in [5.74, 6) is 0. The zero-order valence-corrected chi connectivity index (χ0v) is 3.79. The van der Waals surface area contributed by atoms with Crippen molar-refractivity contribution in [3.05, 3.63) is 0 Å². The second-order valence-corrected chi connectivity index (χ2v) is 1.01. The smallest absolute Gasteiger partial charge is 0.256 e. The van der Waals surface area contributed by atoms with Crippen LogP contribution in [0.15, 0.2) is 0 Å². The number of nitrogens with one attached hydrogen (secondary N) is 2. The highest BCUT2D eigenvalue weighted by atomic mass is 17.1. The van der Waals surface area contributed by atoms with Crippen LogP contribution in [0.1, 0.15) is 0 Å². The van der Waals surface area contributed by atoms with Gasteiger partial charge in [0.25, 0.3) is 6.29 Å². The van der Waals surface area contributed by atoms with E-state index in [2.05, 4.69) is 14.6 Å². The molecule has 2 N–H and O–H groups in total. The van der Waals surface area contributed by atoms with Gasteiger partial charge in [0.05, 0.1) is 0 Å². The monoisotopic (exact) mass is 120 g/mol. The third-order valence-corrected chi connectivity index (χ3v) is 0.523. The van der Waals surface area contributed by atoms with Crippen LogP contribution < -0.4 is 11.3 Å². The summed E-state index contributed by atoms with van der Waals surface area (Å²) in [6, 6.07) is 0. The molecule has 6 nitrogen and oxygen atoms in total. The predicted molar refractivity (Wildman–Crippen MR) is 19.4 cm³/mol. The Morgan fingerprint density at radius 2 is 2.00 bits per heavy atom. The highest BCUT2D eigenvalue weighted by Crippen LogP contribution is 1.87. The van der Waals surface area contributed by atoms with E-state index in [1.807, 2.05) is 11.3 Å². The summed E-state index contributed by atoms with van der Waals surface area (Å²) in [5.41, 5.74) is 3.84. The zero-order chi connectivity index (χ0) is 5.82. The molecular formula is C2H4N2O4. The summed E-state index contributed by atoms with van der Waals surface area (Å²) in [4.78, 5) is 22.5. The number of carbonyl (C=O) groups is 1. The molecule has 0 bridgehead atoms. The molecule has 0 aliphatic carbocycles. The quantitative estimate of drug-likeness (QED) is 0.407. The second kappa shape index (κ2) is 2.70. The number of rotatable bonds is 1. The fourth-order valence-electron chi connectivity index (χ4n) is 0.240. The molecule has 1 rings (SSSR count). The maximum atomic E-state index is 9.77. The van der Waals surface area contributed by atoms with Crippen LogP contribution in [0.3, 0.4) is 0 Å². The third-order valence-electron chi connectivity index (χ3n) is 0.523. The van der Waals surface area contributed by atoms with E-state index in [4.69, 9.17) is 0 Å². The third kappa shape index (κ3) is 1.22. The minimum absolute atomic E-state index is 0.461. The van der Waals surface area contributed by atoms with Crippen molar-refractivity contribution in [2.24, 2.45) is 0 Å². The molecule has 0 unspecified atom stereocenters. The molecular weight excluding hydrogens is 116 g/mol. The van der Waals surface area contributed by atoms with E-state index in [0.29, 0.717) is 6.29 Å². The Kier molecular flexibility index (Phi) is 1.89. The van der Waals surface area contributed by atoms with Crippen LogP contribution in [-0.2, 0) is 19.4 Å². The Morgan fingerprint density at radius 3 is 2.38 bits per heavy atom. The Labute approximate surface area is 44.5 Å². The highest BCUT2D eigenvalue weighted by Gasteiger charge is 2.12. The molecule has 0 aromatic rings. The largest absolute Gasteiger partial charge is 0.298 e. The van der Waals surface area contributed by atoms with Gasteiger partial charge in [-0.1, -0.05) is 11.3 Å². The molecule has 6 heteroatoms. The maximum absolute atomic E-state index is 9.77. The number of aldehydes is 1. The topological polar surface area (TPSA) is 68.8 Å². The first kappa shape index (κ1) is 5.60. The molecule has 1 aliphatic heterocycles. The van der Waals surface area contributed by atoms with Crippen molar-refractivity contribution in [1.82, 2.24) is 11.3 Å². The highest BCUT2D eigenvalue weighted by molar-refractivity contribution is 5.53. The Hall–Kier alpha value is -0.530. The van der Waals surface area contributed by atoms with Gasteiger partial charge < -0.3 is 0 Å². The van der Waals surface area contributed by atoms with E-state index in [9.17, 15) is 4.79 Å². The summed E-state index contributed by atoms with van der Waals surface area (Å²) in [6.45, 7) is 0. The van der Waals surface area contributed by atoms with Gasteiger partial charge in [0.2, 0.25) is 0 Å². The molecule has 46 valence electrons. The lowest BCUT2D eigenvalue weighted by molar-refractivity contribution is -0.408. The average Bonchev–Trinajstić information content (AvgIpc) is 1.90. The minimum Gasteiger partial charge on any atom is -0.298 e. The van der Waals surface area contributed by atoms with Crippen molar-refractivity contribution in [3.8, 4) is 0 Å². The molecule has 1 heterocycles. The lowest BCUT2D eigenvalue weighted by Crippen LogP contribution is -2.42. The number of hydrogen-bond donors (Lipinski definition) is 2. The fraction of sp³-hybridized carbons (Fsp3) is 0.500. The van der Waals surface area contributed by atoms with Crippen molar-refractivity contribution < 1.29 is 19.4 Å². The van der Waals surface area contributed by atoms with Crippen molar-refractivity contribution in [2.45, 2.75) is 6.29 Å². The van der Waals surface area contributed by atoms with Crippen LogP contribution in [0.2, 0.25) is 0 Å². The maximum Gasteiger partial charge on any atom is 0.256 e. The van der Waals surface area contributed by atoms with Gasteiger partial charge in [0, 0.05) is 0 Å². The molecule has 1 saturated heterocycles. The molecule has 0 saturated carbocycles. The molecule has 0 aromatic carbocycles. The van der Waals surface area contributed by atoms with E-state index in [1.165, 1.54) is 0 Å². The van der Waals surface area contributed by atoms with E-state index in [1.54, 1.807) is 0 Å². The van der Waals surface area contributed by atoms with Gasteiger partial charge in [-0.05, 0) is 0 Å². The zero-order valence-electron chi connectivity index (χ0n) is 3.79. The predicted octanol–water partition coefficient (Wildman–Crippen LogP) is -1.59. The van der Waals surface area contributed by atoms with Gasteiger partial charge in [-0.25, -0.2) is 9.68 Å². The molecule has 8 heavy (non-hydrogen) atoms. The summed E-state index contributed by atoms with van der Waals surface area (Å²) >= 11 is 0. The first-order valence-electron chi connectivity index (χ1n) is 1.86. The average molecular weight is 120 g/mol. The van der Waals surface area contributed by atoms with E-state index in [0.717, 1.165) is 0 Å². The molecule has 1 fully saturated rings. The SMILES string of the molecule is O=CC1ONONO1. The van der Waals surface area contributed by atoms with Crippen LogP contribution >= 0.6 is 0 Å². The lowest BCUT2D eigenvalue weighted by atomic mass is 10.7. The number of carbonyl (C=O) groups excluding carboxylic acids is 1. The fourth-order valence-corrected chi connectivity index (χ4v) is 0.240. The molecule has 0 atom stereocenters. The van der Waals surface area contributed by atoms with E-state index >= 15 is 0 Å². The summed E-state index contributed by atoms with van der Waals surface area (Å²) in [6.07, 6.45) is -0.480. The van der Waals surface area contributed by atoms with Gasteiger partial charge in [-0.3, -0.25) is 4.79 Å². The van der Waals surface area contributed by atoms with Gasteiger partial charge in [-0.15, -0.1) is 0 Å². The summed E-state index contributed by atoms with van der Waals surface area (Å²) in [7, 11) is 0. The van der Waals surface area contributed by atoms with Crippen LogP contribution in [0.4, 0.5) is 0 Å². The Bertz CT molecular complexity index is 80.1. The van der Waals surface area contributed by atoms with Crippen LogP contribution in [0.25, 0.3) is 0 Å². The minimum atomic E-state index is -0.941.